The number of anilines is 1. The third-order valence-electron chi connectivity index (χ3n) is 2.84. The predicted molar refractivity (Wildman–Crippen MR) is 77.7 cm³/mol. The highest BCUT2D eigenvalue weighted by Crippen LogP contribution is 2.15. The highest BCUT2D eigenvalue weighted by molar-refractivity contribution is 6.17. The van der Waals surface area contributed by atoms with Crippen LogP contribution < -0.4 is 4.90 Å². The summed E-state index contributed by atoms with van der Waals surface area (Å²) < 4.78 is 0. The van der Waals surface area contributed by atoms with Crippen LogP contribution in [-0.2, 0) is 0 Å². The van der Waals surface area contributed by atoms with E-state index in [4.69, 9.17) is 11.6 Å². The summed E-state index contributed by atoms with van der Waals surface area (Å²) in [7, 11) is 3.93. The van der Waals surface area contributed by atoms with Gasteiger partial charge in [0.15, 0.2) is 0 Å². The normalized spacial score (nSPS) is 10.2. The van der Waals surface area contributed by atoms with E-state index in [0.29, 0.717) is 19.0 Å². The number of carbonyl (C=O) groups excluding carboxylic acids is 1. The minimum atomic E-state index is 0.0753. The van der Waals surface area contributed by atoms with Crippen LogP contribution in [0.25, 0.3) is 0 Å². The van der Waals surface area contributed by atoms with Crippen molar-refractivity contribution in [3.05, 3.63) is 29.8 Å². The predicted octanol–water partition coefficient (Wildman–Crippen LogP) is 2.84. The van der Waals surface area contributed by atoms with Crippen molar-refractivity contribution in [3.8, 4) is 0 Å². The lowest BCUT2D eigenvalue weighted by Gasteiger charge is -2.21. The van der Waals surface area contributed by atoms with E-state index in [-0.39, 0.29) is 5.91 Å². The molecule has 0 unspecified atom stereocenters. The second-order valence-corrected chi connectivity index (χ2v) is 4.75. The molecule has 1 aromatic rings. The van der Waals surface area contributed by atoms with Crippen molar-refractivity contribution in [2.75, 3.05) is 38.0 Å². The maximum absolute atomic E-state index is 12.3. The summed E-state index contributed by atoms with van der Waals surface area (Å²) in [6, 6.07) is 7.69. The fourth-order valence-corrected chi connectivity index (χ4v) is 1.87. The van der Waals surface area contributed by atoms with Crippen LogP contribution in [0.5, 0.6) is 0 Å². The van der Waals surface area contributed by atoms with Gasteiger partial charge < -0.3 is 9.80 Å². The van der Waals surface area contributed by atoms with Crippen molar-refractivity contribution in [1.29, 1.82) is 0 Å². The maximum atomic E-state index is 12.3. The average Bonchev–Trinajstić information content (AvgIpc) is 2.39. The lowest BCUT2D eigenvalue weighted by Crippen LogP contribution is -2.32. The van der Waals surface area contributed by atoms with Crippen LogP contribution in [0.15, 0.2) is 24.3 Å². The Hall–Kier alpha value is -1.22. The number of rotatable bonds is 6. The molecule has 18 heavy (non-hydrogen) atoms. The van der Waals surface area contributed by atoms with Gasteiger partial charge in [-0.2, -0.15) is 0 Å². The first-order chi connectivity index (χ1) is 8.60. The Labute approximate surface area is 114 Å². The Morgan fingerprint density at radius 3 is 2.61 bits per heavy atom. The van der Waals surface area contributed by atoms with E-state index < -0.39 is 0 Å². The van der Waals surface area contributed by atoms with E-state index in [2.05, 4.69) is 0 Å². The molecule has 0 fully saturated rings. The lowest BCUT2D eigenvalue weighted by atomic mass is 10.1. The zero-order valence-corrected chi connectivity index (χ0v) is 12.1. The highest BCUT2D eigenvalue weighted by Gasteiger charge is 2.14. The first-order valence-corrected chi connectivity index (χ1v) is 6.76. The highest BCUT2D eigenvalue weighted by atomic mass is 35.5. The molecule has 0 bridgehead atoms. The second kappa shape index (κ2) is 7.27. The summed E-state index contributed by atoms with van der Waals surface area (Å²) in [5.74, 6) is 0.660. The molecule has 1 aromatic carbocycles. The average molecular weight is 269 g/mol. The van der Waals surface area contributed by atoms with Gasteiger partial charge in [-0.15, -0.1) is 11.6 Å². The van der Waals surface area contributed by atoms with Crippen LogP contribution in [0.1, 0.15) is 23.7 Å². The molecule has 1 rings (SSSR count). The van der Waals surface area contributed by atoms with Crippen molar-refractivity contribution >= 4 is 23.2 Å². The van der Waals surface area contributed by atoms with Crippen LogP contribution in [0.2, 0.25) is 0 Å². The summed E-state index contributed by atoms with van der Waals surface area (Å²) >= 11 is 5.68. The minimum absolute atomic E-state index is 0.0753. The van der Waals surface area contributed by atoms with E-state index >= 15 is 0 Å². The number of benzene rings is 1. The van der Waals surface area contributed by atoms with Crippen LogP contribution in [0.4, 0.5) is 5.69 Å². The smallest absolute Gasteiger partial charge is 0.253 e. The monoisotopic (exact) mass is 268 g/mol. The molecular formula is C14H21ClN2O. The van der Waals surface area contributed by atoms with Gasteiger partial charge in [0.1, 0.15) is 0 Å². The summed E-state index contributed by atoms with van der Waals surface area (Å²) in [5.41, 5.74) is 1.77. The van der Waals surface area contributed by atoms with E-state index in [1.807, 2.05) is 55.1 Å². The molecule has 0 atom stereocenters. The van der Waals surface area contributed by atoms with E-state index in [1.54, 1.807) is 0 Å². The number of halogens is 1. The summed E-state index contributed by atoms with van der Waals surface area (Å²) in [6.45, 7) is 3.41. The molecule has 0 aliphatic heterocycles. The number of hydrogen-bond donors (Lipinski definition) is 0. The molecule has 1 amide bonds. The number of hydrogen-bond acceptors (Lipinski definition) is 2. The van der Waals surface area contributed by atoms with Crippen molar-refractivity contribution in [2.45, 2.75) is 13.3 Å². The van der Waals surface area contributed by atoms with Crippen LogP contribution in [-0.4, -0.2) is 43.9 Å². The second-order valence-electron chi connectivity index (χ2n) is 4.37. The molecule has 0 N–H and O–H groups in total. The fourth-order valence-electron chi connectivity index (χ4n) is 1.75. The Balaban J connectivity index is 2.84. The van der Waals surface area contributed by atoms with Gasteiger partial charge in [-0.25, -0.2) is 0 Å². The summed E-state index contributed by atoms with van der Waals surface area (Å²) in [4.78, 5) is 16.1. The molecule has 0 saturated heterocycles. The SMILES string of the molecule is CCN(CCCCl)C(=O)c1cccc(N(C)C)c1. The van der Waals surface area contributed by atoms with Crippen molar-refractivity contribution in [1.82, 2.24) is 4.90 Å². The van der Waals surface area contributed by atoms with Gasteiger partial charge in [0, 0.05) is 44.3 Å². The fraction of sp³-hybridized carbons (Fsp3) is 0.500. The van der Waals surface area contributed by atoms with E-state index in [1.165, 1.54) is 0 Å². The van der Waals surface area contributed by atoms with Gasteiger partial charge in [0.25, 0.3) is 5.91 Å². The Kier molecular flexibility index (Phi) is 5.99. The topological polar surface area (TPSA) is 23.6 Å². The van der Waals surface area contributed by atoms with Crippen molar-refractivity contribution in [3.63, 3.8) is 0 Å². The zero-order chi connectivity index (χ0) is 13.5. The quantitative estimate of drug-likeness (QED) is 0.741. The molecule has 0 heterocycles. The molecule has 3 nitrogen and oxygen atoms in total. The third-order valence-corrected chi connectivity index (χ3v) is 3.11. The number of alkyl halides is 1. The van der Waals surface area contributed by atoms with Gasteiger partial charge >= 0.3 is 0 Å². The van der Waals surface area contributed by atoms with Gasteiger partial charge in [0.05, 0.1) is 0 Å². The largest absolute Gasteiger partial charge is 0.378 e. The first kappa shape index (κ1) is 14.8. The molecule has 4 heteroatoms. The van der Waals surface area contributed by atoms with E-state index in [9.17, 15) is 4.79 Å². The first-order valence-electron chi connectivity index (χ1n) is 6.22. The van der Waals surface area contributed by atoms with Crippen molar-refractivity contribution in [2.24, 2.45) is 0 Å². The van der Waals surface area contributed by atoms with E-state index in [0.717, 1.165) is 17.7 Å². The van der Waals surface area contributed by atoms with Gasteiger partial charge in [-0.3, -0.25) is 4.79 Å². The molecular weight excluding hydrogens is 248 g/mol. The number of nitrogens with zero attached hydrogens (tertiary/aromatic N) is 2. The molecule has 0 aromatic heterocycles. The molecule has 0 aliphatic rings. The van der Waals surface area contributed by atoms with Gasteiger partial charge in [0.2, 0.25) is 0 Å². The Morgan fingerprint density at radius 2 is 2.06 bits per heavy atom. The van der Waals surface area contributed by atoms with Crippen molar-refractivity contribution < 1.29 is 4.79 Å². The number of amides is 1. The maximum Gasteiger partial charge on any atom is 0.253 e. The summed E-state index contributed by atoms with van der Waals surface area (Å²) in [5, 5.41) is 0. The minimum Gasteiger partial charge on any atom is -0.378 e. The molecule has 0 spiro atoms. The van der Waals surface area contributed by atoms with Gasteiger partial charge in [-0.05, 0) is 31.5 Å². The molecule has 0 saturated carbocycles. The Bertz CT molecular complexity index is 393. The Morgan fingerprint density at radius 1 is 1.33 bits per heavy atom. The molecule has 0 radical (unpaired) electrons. The zero-order valence-electron chi connectivity index (χ0n) is 11.3. The van der Waals surface area contributed by atoms with Gasteiger partial charge in [-0.1, -0.05) is 6.07 Å². The van der Waals surface area contributed by atoms with Crippen LogP contribution in [0, 0.1) is 0 Å². The third kappa shape index (κ3) is 3.91. The summed E-state index contributed by atoms with van der Waals surface area (Å²) in [6.07, 6.45) is 0.828. The standard InChI is InChI=1S/C14H21ClN2O/c1-4-17(10-6-9-15)14(18)12-7-5-8-13(11-12)16(2)3/h5,7-8,11H,4,6,9-10H2,1-3H3. The van der Waals surface area contributed by atoms with Crippen LogP contribution in [0.3, 0.4) is 0 Å². The molecule has 0 aliphatic carbocycles. The number of carbonyl (C=O) groups is 1. The lowest BCUT2D eigenvalue weighted by molar-refractivity contribution is 0.0765. The molecule has 100 valence electrons. The van der Waals surface area contributed by atoms with Crippen LogP contribution >= 0.6 is 11.6 Å².